The minimum Gasteiger partial charge on any atom is -0.457 e. The summed E-state index contributed by atoms with van der Waals surface area (Å²) in [6.45, 7) is 3.80. The molecule has 110 valence electrons. The van der Waals surface area contributed by atoms with E-state index in [1.165, 1.54) is 6.92 Å². The maximum Gasteiger partial charge on any atom is 0.341 e. The summed E-state index contributed by atoms with van der Waals surface area (Å²) >= 11 is 0. The molecule has 20 heavy (non-hydrogen) atoms. The van der Waals surface area contributed by atoms with Crippen molar-refractivity contribution in [2.75, 3.05) is 13.2 Å². The van der Waals surface area contributed by atoms with E-state index < -0.39 is 39.9 Å². The molecule has 0 aliphatic rings. The Bertz CT molecular complexity index is 521. The second-order valence-electron chi connectivity index (χ2n) is 3.92. The quantitative estimate of drug-likeness (QED) is 0.456. The summed E-state index contributed by atoms with van der Waals surface area (Å²) in [7, 11) is 0. The van der Waals surface area contributed by atoms with Crippen molar-refractivity contribution in [3.8, 4) is 0 Å². The first-order chi connectivity index (χ1) is 9.36. The number of carbonyl (C=O) groups is 1. The highest BCUT2D eigenvalue weighted by Gasteiger charge is 2.23. The van der Waals surface area contributed by atoms with Crippen molar-refractivity contribution >= 4 is 11.7 Å². The number of hydrogen-bond donors (Lipinski definition) is 0. The number of benzene rings is 1. The van der Waals surface area contributed by atoms with E-state index in [-0.39, 0.29) is 6.61 Å². The van der Waals surface area contributed by atoms with Gasteiger partial charge in [-0.2, -0.15) is 4.39 Å². The van der Waals surface area contributed by atoms with Gasteiger partial charge in [-0.25, -0.2) is 9.18 Å². The van der Waals surface area contributed by atoms with Gasteiger partial charge in [0.1, 0.15) is 11.9 Å². The minimum atomic E-state index is -1.30. The minimum absolute atomic E-state index is 0.110. The fourth-order valence-corrected chi connectivity index (χ4v) is 1.40. The second kappa shape index (κ2) is 6.90. The van der Waals surface area contributed by atoms with Crippen LogP contribution in [-0.4, -0.2) is 30.2 Å². The van der Waals surface area contributed by atoms with Crippen molar-refractivity contribution in [2.24, 2.45) is 0 Å². The van der Waals surface area contributed by atoms with Gasteiger partial charge in [0, 0.05) is 6.61 Å². The van der Waals surface area contributed by atoms with Gasteiger partial charge in [0.2, 0.25) is 5.82 Å². The molecular weight excluding hydrogens is 276 g/mol. The first kappa shape index (κ1) is 16.0. The van der Waals surface area contributed by atoms with Gasteiger partial charge in [-0.15, -0.1) is 0 Å². The third-order valence-corrected chi connectivity index (χ3v) is 2.32. The molecule has 1 aromatic rings. The molecule has 0 fully saturated rings. The number of rotatable bonds is 6. The first-order valence-electron chi connectivity index (χ1n) is 5.79. The molecule has 0 aromatic heterocycles. The van der Waals surface area contributed by atoms with Gasteiger partial charge >= 0.3 is 11.7 Å². The molecule has 0 amide bonds. The molecule has 1 rings (SSSR count). The van der Waals surface area contributed by atoms with Crippen LogP contribution in [0.1, 0.15) is 24.2 Å². The molecule has 0 aliphatic heterocycles. The molecule has 0 saturated heterocycles. The lowest BCUT2D eigenvalue weighted by atomic mass is 10.2. The molecule has 0 spiro atoms. The smallest absolute Gasteiger partial charge is 0.341 e. The number of nitro benzene ring substituents is 1. The third-order valence-electron chi connectivity index (χ3n) is 2.32. The number of carbonyl (C=O) groups excluding carboxylic acids is 1. The van der Waals surface area contributed by atoms with Gasteiger partial charge in [0.05, 0.1) is 23.2 Å². The Kier molecular flexibility index (Phi) is 5.51. The van der Waals surface area contributed by atoms with Crippen molar-refractivity contribution in [1.82, 2.24) is 0 Å². The van der Waals surface area contributed by atoms with E-state index in [1.54, 1.807) is 6.92 Å². The SMILES string of the molecule is CCOCC(C)OC(=O)c1cc(F)c([N+](=O)[O-])cc1F. The van der Waals surface area contributed by atoms with Crippen molar-refractivity contribution in [2.45, 2.75) is 20.0 Å². The molecule has 1 aromatic carbocycles. The zero-order valence-corrected chi connectivity index (χ0v) is 10.9. The molecule has 6 nitrogen and oxygen atoms in total. The average Bonchev–Trinajstić information content (AvgIpc) is 2.38. The predicted molar refractivity (Wildman–Crippen MR) is 64.4 cm³/mol. The topological polar surface area (TPSA) is 78.7 Å². The van der Waals surface area contributed by atoms with Crippen LogP contribution in [0.4, 0.5) is 14.5 Å². The highest BCUT2D eigenvalue weighted by molar-refractivity contribution is 5.90. The standard InChI is InChI=1S/C12H13F2NO5/c1-3-19-6-7(2)20-12(16)8-4-10(14)11(15(17)18)5-9(8)13/h4-5,7H,3,6H2,1-2H3. The van der Waals surface area contributed by atoms with Crippen LogP contribution in [0, 0.1) is 21.7 Å². The van der Waals surface area contributed by atoms with Crippen LogP contribution in [0.5, 0.6) is 0 Å². The maximum absolute atomic E-state index is 13.5. The van der Waals surface area contributed by atoms with Gasteiger partial charge < -0.3 is 9.47 Å². The third kappa shape index (κ3) is 3.95. The Balaban J connectivity index is 2.89. The molecular formula is C12H13F2NO5. The Morgan fingerprint density at radius 3 is 2.60 bits per heavy atom. The van der Waals surface area contributed by atoms with Gasteiger partial charge in [0.25, 0.3) is 0 Å². The molecule has 0 radical (unpaired) electrons. The maximum atomic E-state index is 13.5. The Morgan fingerprint density at radius 2 is 2.05 bits per heavy atom. The van der Waals surface area contributed by atoms with E-state index in [9.17, 15) is 23.7 Å². The summed E-state index contributed by atoms with van der Waals surface area (Å²) in [4.78, 5) is 21.0. The second-order valence-corrected chi connectivity index (χ2v) is 3.92. The summed E-state index contributed by atoms with van der Waals surface area (Å²) in [6, 6.07) is 0.794. The van der Waals surface area contributed by atoms with Crippen molar-refractivity contribution in [3.63, 3.8) is 0 Å². The predicted octanol–water partition coefficient (Wildman–Crippen LogP) is 2.45. The van der Waals surface area contributed by atoms with Gasteiger partial charge in [-0.1, -0.05) is 0 Å². The van der Waals surface area contributed by atoms with Gasteiger partial charge in [0.15, 0.2) is 0 Å². The number of nitrogens with zero attached hydrogens (tertiary/aromatic N) is 1. The van der Waals surface area contributed by atoms with Gasteiger partial charge in [-0.3, -0.25) is 10.1 Å². The lowest BCUT2D eigenvalue weighted by Crippen LogP contribution is -2.21. The Hall–Kier alpha value is -2.09. The van der Waals surface area contributed by atoms with E-state index in [2.05, 4.69) is 0 Å². The van der Waals surface area contributed by atoms with E-state index in [0.717, 1.165) is 0 Å². The number of halogens is 2. The molecule has 1 unspecified atom stereocenters. The zero-order valence-electron chi connectivity index (χ0n) is 10.9. The number of hydrogen-bond acceptors (Lipinski definition) is 5. The van der Waals surface area contributed by atoms with Crippen LogP contribution in [-0.2, 0) is 9.47 Å². The Labute approximate surface area is 113 Å². The monoisotopic (exact) mass is 289 g/mol. The van der Waals surface area contributed by atoms with Crippen LogP contribution in [0.15, 0.2) is 12.1 Å². The molecule has 0 heterocycles. The summed E-state index contributed by atoms with van der Waals surface area (Å²) in [5.74, 6) is -3.63. The van der Waals surface area contributed by atoms with Crippen LogP contribution in [0.2, 0.25) is 0 Å². The van der Waals surface area contributed by atoms with Crippen molar-refractivity contribution < 1.29 is 28.0 Å². The van der Waals surface area contributed by atoms with Crippen LogP contribution >= 0.6 is 0 Å². The van der Waals surface area contributed by atoms with E-state index in [4.69, 9.17) is 9.47 Å². The first-order valence-corrected chi connectivity index (χ1v) is 5.79. The van der Waals surface area contributed by atoms with E-state index in [1.807, 2.05) is 0 Å². The van der Waals surface area contributed by atoms with Gasteiger partial charge in [-0.05, 0) is 19.9 Å². The highest BCUT2D eigenvalue weighted by Crippen LogP contribution is 2.22. The lowest BCUT2D eigenvalue weighted by Gasteiger charge is -2.13. The van der Waals surface area contributed by atoms with Crippen LogP contribution in [0.25, 0.3) is 0 Å². The average molecular weight is 289 g/mol. The molecule has 0 N–H and O–H groups in total. The largest absolute Gasteiger partial charge is 0.457 e. The molecule has 0 aliphatic carbocycles. The van der Waals surface area contributed by atoms with Crippen molar-refractivity contribution in [1.29, 1.82) is 0 Å². The number of nitro groups is 1. The molecule has 8 heteroatoms. The highest BCUT2D eigenvalue weighted by atomic mass is 19.1. The summed E-state index contributed by atoms with van der Waals surface area (Å²) in [5.41, 5.74) is -1.74. The Morgan fingerprint density at radius 1 is 1.40 bits per heavy atom. The van der Waals surface area contributed by atoms with Crippen LogP contribution in [0.3, 0.4) is 0 Å². The number of esters is 1. The molecule has 0 saturated carbocycles. The zero-order chi connectivity index (χ0) is 15.3. The summed E-state index contributed by atoms with van der Waals surface area (Å²) in [6.07, 6.45) is -0.653. The fourth-order valence-electron chi connectivity index (χ4n) is 1.40. The van der Waals surface area contributed by atoms with Crippen molar-refractivity contribution in [3.05, 3.63) is 39.4 Å². The lowest BCUT2D eigenvalue weighted by molar-refractivity contribution is -0.387. The summed E-state index contributed by atoms with van der Waals surface area (Å²) < 4.78 is 36.7. The van der Waals surface area contributed by atoms with E-state index >= 15 is 0 Å². The number of ether oxygens (including phenoxy) is 2. The van der Waals surface area contributed by atoms with Crippen LogP contribution < -0.4 is 0 Å². The summed E-state index contributed by atoms with van der Waals surface area (Å²) in [5, 5.41) is 10.4. The fraction of sp³-hybridized carbons (Fsp3) is 0.417. The normalized spacial score (nSPS) is 12.0. The van der Waals surface area contributed by atoms with E-state index in [0.29, 0.717) is 18.7 Å². The molecule has 1 atom stereocenters. The molecule has 0 bridgehead atoms.